The first-order valence-corrected chi connectivity index (χ1v) is 7.82. The number of phenols is 1. The molecule has 0 saturated heterocycles. The number of anilines is 1. The molecular formula is C18H14BrNO3. The third kappa shape index (κ3) is 3.63. The molecule has 0 saturated carbocycles. The molecule has 0 aliphatic carbocycles. The van der Waals surface area contributed by atoms with Gasteiger partial charge in [-0.2, -0.15) is 0 Å². The first kappa shape index (κ1) is 15.4. The van der Waals surface area contributed by atoms with E-state index in [1.165, 1.54) is 0 Å². The Bertz CT molecular complexity index is 847. The van der Waals surface area contributed by atoms with Gasteiger partial charge in [-0.1, -0.05) is 46.3 Å². The summed E-state index contributed by atoms with van der Waals surface area (Å²) in [6, 6.07) is 18.1. The molecular weight excluding hydrogens is 358 g/mol. The maximum atomic E-state index is 12.1. The predicted molar refractivity (Wildman–Crippen MR) is 93.9 cm³/mol. The number of carbonyl (C=O) groups excluding carboxylic acids is 1. The van der Waals surface area contributed by atoms with Crippen LogP contribution in [0.2, 0.25) is 0 Å². The highest BCUT2D eigenvalue weighted by molar-refractivity contribution is 9.10. The van der Waals surface area contributed by atoms with Crippen LogP contribution in [0.1, 0.15) is 0 Å². The number of rotatable bonds is 4. The highest BCUT2D eigenvalue weighted by Crippen LogP contribution is 2.32. The van der Waals surface area contributed by atoms with Crippen LogP contribution < -0.4 is 10.1 Å². The van der Waals surface area contributed by atoms with Gasteiger partial charge in [0.25, 0.3) is 5.91 Å². The van der Waals surface area contributed by atoms with Crippen LogP contribution in [0.4, 0.5) is 5.69 Å². The van der Waals surface area contributed by atoms with Crippen molar-refractivity contribution in [3.63, 3.8) is 0 Å². The van der Waals surface area contributed by atoms with Gasteiger partial charge in [0.1, 0.15) is 11.5 Å². The number of ether oxygens (including phenoxy) is 1. The van der Waals surface area contributed by atoms with Crippen LogP contribution in [0.15, 0.2) is 65.1 Å². The molecule has 4 nitrogen and oxygen atoms in total. The number of amides is 1. The van der Waals surface area contributed by atoms with Gasteiger partial charge in [0.2, 0.25) is 0 Å². The Morgan fingerprint density at radius 1 is 1.04 bits per heavy atom. The van der Waals surface area contributed by atoms with Gasteiger partial charge in [-0.05, 0) is 35.7 Å². The molecule has 0 aromatic heterocycles. The minimum Gasteiger partial charge on any atom is -0.506 e. The van der Waals surface area contributed by atoms with E-state index in [0.717, 1.165) is 15.2 Å². The zero-order chi connectivity index (χ0) is 16.2. The average Bonchev–Trinajstić information content (AvgIpc) is 2.57. The first-order valence-electron chi connectivity index (χ1n) is 7.02. The largest absolute Gasteiger partial charge is 0.506 e. The molecule has 0 heterocycles. The molecule has 0 radical (unpaired) electrons. The number of phenolic OH excluding ortho intramolecular Hbond substituents is 1. The molecule has 3 aromatic rings. The minimum absolute atomic E-state index is 0.0284. The average molecular weight is 372 g/mol. The number of benzene rings is 3. The Balaban J connectivity index is 1.73. The quantitative estimate of drug-likeness (QED) is 0.671. The second-order valence-electron chi connectivity index (χ2n) is 4.97. The van der Waals surface area contributed by atoms with Crippen molar-refractivity contribution < 1.29 is 14.6 Å². The summed E-state index contributed by atoms with van der Waals surface area (Å²) in [5, 5.41) is 14.4. The second-order valence-corrected chi connectivity index (χ2v) is 5.89. The molecule has 1 amide bonds. The van der Waals surface area contributed by atoms with E-state index in [9.17, 15) is 9.90 Å². The lowest BCUT2D eigenvalue weighted by molar-refractivity contribution is -0.118. The van der Waals surface area contributed by atoms with Crippen molar-refractivity contribution in [2.24, 2.45) is 0 Å². The lowest BCUT2D eigenvalue weighted by atomic mass is 10.1. The Labute approximate surface area is 141 Å². The summed E-state index contributed by atoms with van der Waals surface area (Å²) in [5.41, 5.74) is 0.396. The lowest BCUT2D eigenvalue weighted by Crippen LogP contribution is -2.20. The number of halogens is 1. The van der Waals surface area contributed by atoms with Crippen molar-refractivity contribution in [2.75, 3.05) is 11.9 Å². The molecule has 0 spiro atoms. The van der Waals surface area contributed by atoms with E-state index < -0.39 is 0 Å². The molecule has 2 N–H and O–H groups in total. The minimum atomic E-state index is -0.334. The number of hydrogen-bond donors (Lipinski definition) is 2. The number of nitrogens with one attached hydrogen (secondary N) is 1. The maximum Gasteiger partial charge on any atom is 0.262 e. The fraction of sp³-hybridized carbons (Fsp3) is 0.0556. The molecule has 0 bridgehead atoms. The summed E-state index contributed by atoms with van der Waals surface area (Å²) in [6.45, 7) is -0.135. The topological polar surface area (TPSA) is 58.6 Å². The van der Waals surface area contributed by atoms with Crippen molar-refractivity contribution in [1.29, 1.82) is 0 Å². The van der Waals surface area contributed by atoms with E-state index in [-0.39, 0.29) is 18.3 Å². The van der Waals surface area contributed by atoms with E-state index in [1.807, 2.05) is 36.4 Å². The highest BCUT2D eigenvalue weighted by Gasteiger charge is 2.11. The van der Waals surface area contributed by atoms with E-state index >= 15 is 0 Å². The summed E-state index contributed by atoms with van der Waals surface area (Å²) in [4.78, 5) is 12.1. The number of hydrogen-bond acceptors (Lipinski definition) is 3. The molecule has 23 heavy (non-hydrogen) atoms. The SMILES string of the molecule is O=C(COc1ccc(Br)cc1)Nc1c(O)ccc2ccccc12. The van der Waals surface area contributed by atoms with E-state index in [1.54, 1.807) is 24.3 Å². The summed E-state index contributed by atoms with van der Waals surface area (Å²) in [6.07, 6.45) is 0. The first-order chi connectivity index (χ1) is 11.1. The molecule has 0 fully saturated rings. The van der Waals surface area contributed by atoms with Gasteiger partial charge < -0.3 is 15.2 Å². The number of aromatic hydroxyl groups is 1. The van der Waals surface area contributed by atoms with Gasteiger partial charge in [-0.25, -0.2) is 0 Å². The molecule has 0 atom stereocenters. The summed E-state index contributed by atoms with van der Waals surface area (Å²) in [7, 11) is 0. The smallest absolute Gasteiger partial charge is 0.262 e. The van der Waals surface area contributed by atoms with Gasteiger partial charge in [0, 0.05) is 9.86 Å². The van der Waals surface area contributed by atoms with Crippen LogP contribution in [0.5, 0.6) is 11.5 Å². The number of fused-ring (bicyclic) bond motifs is 1. The summed E-state index contributed by atoms with van der Waals surface area (Å²) >= 11 is 3.34. The third-order valence-corrected chi connectivity index (χ3v) is 3.88. The molecule has 5 heteroatoms. The standard InChI is InChI=1S/C18H14BrNO3/c19-13-6-8-14(9-7-13)23-11-17(22)20-18-15-4-2-1-3-12(15)5-10-16(18)21/h1-10,21H,11H2,(H,20,22). The fourth-order valence-corrected chi connectivity index (χ4v) is 2.51. The lowest BCUT2D eigenvalue weighted by Gasteiger charge is -2.11. The predicted octanol–water partition coefficient (Wildman–Crippen LogP) is 4.33. The van der Waals surface area contributed by atoms with E-state index in [0.29, 0.717) is 11.4 Å². The van der Waals surface area contributed by atoms with Gasteiger partial charge >= 0.3 is 0 Å². The van der Waals surface area contributed by atoms with Crippen molar-refractivity contribution >= 4 is 38.3 Å². The van der Waals surface area contributed by atoms with Crippen LogP contribution in [0.3, 0.4) is 0 Å². The Morgan fingerprint density at radius 3 is 2.57 bits per heavy atom. The maximum absolute atomic E-state index is 12.1. The van der Waals surface area contributed by atoms with Gasteiger partial charge in [0.05, 0.1) is 5.69 Å². The molecule has 116 valence electrons. The van der Waals surface area contributed by atoms with E-state index in [2.05, 4.69) is 21.2 Å². The molecule has 0 unspecified atom stereocenters. The fourth-order valence-electron chi connectivity index (χ4n) is 2.25. The second kappa shape index (κ2) is 6.71. The van der Waals surface area contributed by atoms with Gasteiger partial charge in [-0.15, -0.1) is 0 Å². The van der Waals surface area contributed by atoms with Crippen molar-refractivity contribution in [2.45, 2.75) is 0 Å². The van der Waals surface area contributed by atoms with Crippen LogP contribution in [-0.2, 0) is 4.79 Å². The molecule has 0 aliphatic rings. The summed E-state index contributed by atoms with van der Waals surface area (Å²) < 4.78 is 6.37. The van der Waals surface area contributed by atoms with Crippen LogP contribution in [0, 0.1) is 0 Å². The normalized spacial score (nSPS) is 10.5. The van der Waals surface area contributed by atoms with Crippen LogP contribution in [0.25, 0.3) is 10.8 Å². The van der Waals surface area contributed by atoms with E-state index in [4.69, 9.17) is 4.74 Å². The van der Waals surface area contributed by atoms with Crippen LogP contribution in [-0.4, -0.2) is 17.6 Å². The Kier molecular flexibility index (Phi) is 4.48. The molecule has 3 rings (SSSR count). The summed E-state index contributed by atoms with van der Waals surface area (Å²) in [5.74, 6) is 0.297. The monoisotopic (exact) mass is 371 g/mol. The van der Waals surface area contributed by atoms with Gasteiger partial charge in [-0.3, -0.25) is 4.79 Å². The Hall–Kier alpha value is -2.53. The Morgan fingerprint density at radius 2 is 1.78 bits per heavy atom. The highest BCUT2D eigenvalue weighted by atomic mass is 79.9. The van der Waals surface area contributed by atoms with Crippen molar-refractivity contribution in [3.8, 4) is 11.5 Å². The van der Waals surface area contributed by atoms with Crippen LogP contribution >= 0.6 is 15.9 Å². The van der Waals surface area contributed by atoms with Crippen molar-refractivity contribution in [3.05, 3.63) is 65.1 Å². The molecule has 0 aliphatic heterocycles. The number of carbonyl (C=O) groups is 1. The zero-order valence-corrected chi connectivity index (χ0v) is 13.7. The molecule has 3 aromatic carbocycles. The third-order valence-electron chi connectivity index (χ3n) is 3.36. The van der Waals surface area contributed by atoms with Crippen molar-refractivity contribution in [1.82, 2.24) is 0 Å². The zero-order valence-electron chi connectivity index (χ0n) is 12.1. The van der Waals surface area contributed by atoms with Gasteiger partial charge in [0.15, 0.2) is 6.61 Å².